The van der Waals surface area contributed by atoms with E-state index in [-0.39, 0.29) is 17.2 Å². The highest BCUT2D eigenvalue weighted by Crippen LogP contribution is 2.25. The summed E-state index contributed by atoms with van der Waals surface area (Å²) in [5.74, 6) is -1.10. The highest BCUT2D eigenvalue weighted by Gasteiger charge is 2.21. The van der Waals surface area contributed by atoms with E-state index in [0.29, 0.717) is 0 Å². The summed E-state index contributed by atoms with van der Waals surface area (Å²) in [4.78, 5) is 16.9. The Labute approximate surface area is 162 Å². The third-order valence-electron chi connectivity index (χ3n) is 4.31. The fraction of sp³-hybridized carbons (Fsp3) is 0.238. The van der Waals surface area contributed by atoms with Crippen LogP contribution in [-0.4, -0.2) is 26.8 Å². The number of Topliss-reactive ketones (excluding diaryl/α,β-unsaturated/α-hetero) is 1. The molecule has 1 aromatic heterocycles. The molecule has 3 aromatic rings. The van der Waals surface area contributed by atoms with Crippen LogP contribution in [0, 0.1) is 22.7 Å². The summed E-state index contributed by atoms with van der Waals surface area (Å²) >= 11 is 1.33. The van der Waals surface area contributed by atoms with E-state index >= 15 is 0 Å². The van der Waals surface area contributed by atoms with Crippen molar-refractivity contribution in [2.24, 2.45) is 5.92 Å². The van der Waals surface area contributed by atoms with Gasteiger partial charge in [0.15, 0.2) is 10.9 Å². The molecule has 6 heteroatoms. The number of ketones is 1. The van der Waals surface area contributed by atoms with Crippen molar-refractivity contribution in [2.75, 3.05) is 5.75 Å². The van der Waals surface area contributed by atoms with Gasteiger partial charge in [-0.25, -0.2) is 4.98 Å². The molecule has 0 bridgehead atoms. The molecule has 136 valence electrons. The van der Waals surface area contributed by atoms with Gasteiger partial charge in [-0.2, -0.15) is 5.26 Å². The average Bonchev–Trinajstić information content (AvgIpc) is 3.03. The predicted molar refractivity (Wildman–Crippen MR) is 108 cm³/mol. The highest BCUT2D eigenvalue weighted by atomic mass is 32.2. The number of aromatic nitrogens is 2. The van der Waals surface area contributed by atoms with Crippen molar-refractivity contribution in [1.29, 1.82) is 10.7 Å². The van der Waals surface area contributed by atoms with Gasteiger partial charge < -0.3 is 9.98 Å². The molecule has 1 heterocycles. The van der Waals surface area contributed by atoms with E-state index < -0.39 is 5.92 Å². The minimum Gasteiger partial charge on any atom is -0.319 e. The number of hydrogen-bond donors (Lipinski definition) is 1. The molecule has 0 saturated heterocycles. The summed E-state index contributed by atoms with van der Waals surface area (Å²) in [7, 11) is 0. The van der Waals surface area contributed by atoms with Crippen LogP contribution in [0.5, 0.6) is 0 Å². The maximum absolute atomic E-state index is 12.3. The lowest BCUT2D eigenvalue weighted by atomic mass is 10.0. The average molecular weight is 376 g/mol. The topological polar surface area (TPSA) is 82.5 Å². The zero-order valence-corrected chi connectivity index (χ0v) is 15.9. The number of fused-ring (bicyclic) bond motifs is 1. The number of benzene rings is 2. The first-order chi connectivity index (χ1) is 13.1. The Hall–Kier alpha value is -2.91. The third kappa shape index (κ3) is 4.44. The largest absolute Gasteiger partial charge is 0.319 e. The van der Waals surface area contributed by atoms with Crippen molar-refractivity contribution in [3.8, 4) is 6.07 Å². The molecule has 0 fully saturated rings. The van der Waals surface area contributed by atoms with Crippen LogP contribution < -0.4 is 0 Å². The second kappa shape index (κ2) is 8.65. The number of imidazole rings is 1. The summed E-state index contributed by atoms with van der Waals surface area (Å²) in [6.45, 7) is 2.25. The molecule has 0 saturated carbocycles. The number of nitrogens with zero attached hydrogens (tertiary/aromatic N) is 3. The number of para-hydroxylation sites is 2. The van der Waals surface area contributed by atoms with Gasteiger partial charge in [0.1, 0.15) is 5.92 Å². The molecular formula is C21H20N4OS. The normalized spacial score (nSPS) is 11.9. The number of carbonyl (C=O) groups excluding carboxylic acids is 1. The Bertz CT molecular complexity index is 1000. The maximum atomic E-state index is 12.3. The van der Waals surface area contributed by atoms with Gasteiger partial charge in [-0.3, -0.25) is 4.79 Å². The van der Waals surface area contributed by atoms with E-state index in [1.165, 1.54) is 24.2 Å². The third-order valence-corrected chi connectivity index (χ3v) is 5.31. The SMILES string of the molecule is CC(=N)C(C#N)C(=O)CSc1nc2ccccc2n1CCc1ccccc1. The van der Waals surface area contributed by atoms with Crippen LogP contribution in [0.3, 0.4) is 0 Å². The predicted octanol–water partition coefficient (Wildman–Crippen LogP) is 4.12. The van der Waals surface area contributed by atoms with Crippen molar-refractivity contribution in [2.45, 2.75) is 25.0 Å². The number of hydrogen-bond acceptors (Lipinski definition) is 5. The number of thioether (sulfide) groups is 1. The van der Waals surface area contributed by atoms with Crippen LogP contribution in [-0.2, 0) is 17.8 Å². The van der Waals surface area contributed by atoms with Crippen LogP contribution in [0.25, 0.3) is 11.0 Å². The minimum absolute atomic E-state index is 0.0840. The van der Waals surface area contributed by atoms with Crippen molar-refractivity contribution >= 4 is 34.3 Å². The van der Waals surface area contributed by atoms with E-state index in [0.717, 1.165) is 29.2 Å². The van der Waals surface area contributed by atoms with Gasteiger partial charge >= 0.3 is 0 Å². The number of carbonyl (C=O) groups is 1. The Kier molecular flexibility index (Phi) is 6.05. The minimum atomic E-state index is -0.973. The maximum Gasteiger partial charge on any atom is 0.169 e. The van der Waals surface area contributed by atoms with E-state index in [9.17, 15) is 4.79 Å². The van der Waals surface area contributed by atoms with Crippen LogP contribution in [0.2, 0.25) is 0 Å². The molecule has 1 unspecified atom stereocenters. The van der Waals surface area contributed by atoms with Gasteiger partial charge in [0.2, 0.25) is 0 Å². The van der Waals surface area contributed by atoms with E-state index in [1.807, 2.05) is 48.5 Å². The molecule has 5 nitrogen and oxygen atoms in total. The lowest BCUT2D eigenvalue weighted by molar-refractivity contribution is -0.117. The smallest absolute Gasteiger partial charge is 0.169 e. The summed E-state index contributed by atoms with van der Waals surface area (Å²) in [6.07, 6.45) is 0.864. The van der Waals surface area contributed by atoms with Crippen molar-refractivity contribution in [3.63, 3.8) is 0 Å². The van der Waals surface area contributed by atoms with Gasteiger partial charge in [-0.05, 0) is 31.0 Å². The fourth-order valence-electron chi connectivity index (χ4n) is 2.89. The lowest BCUT2D eigenvalue weighted by Gasteiger charge is -2.10. The molecule has 0 aliphatic carbocycles. The molecule has 0 aliphatic rings. The molecule has 1 N–H and O–H groups in total. The van der Waals surface area contributed by atoms with Crippen LogP contribution in [0.4, 0.5) is 0 Å². The zero-order valence-electron chi connectivity index (χ0n) is 15.1. The van der Waals surface area contributed by atoms with Gasteiger partial charge in [0, 0.05) is 12.3 Å². The summed E-state index contributed by atoms with van der Waals surface area (Å²) in [5, 5.41) is 17.4. The molecule has 2 aromatic carbocycles. The quantitative estimate of drug-likeness (QED) is 0.473. The van der Waals surface area contributed by atoms with Gasteiger partial charge in [0.25, 0.3) is 0 Å². The number of rotatable bonds is 8. The summed E-state index contributed by atoms with van der Waals surface area (Å²) in [5.41, 5.74) is 3.25. The molecule has 0 radical (unpaired) electrons. The summed E-state index contributed by atoms with van der Waals surface area (Å²) < 4.78 is 2.12. The monoisotopic (exact) mass is 376 g/mol. The second-order valence-electron chi connectivity index (χ2n) is 6.27. The first kappa shape index (κ1) is 18.9. The Morgan fingerprint density at radius 1 is 1.22 bits per heavy atom. The van der Waals surface area contributed by atoms with Crippen LogP contribution >= 0.6 is 11.8 Å². The standard InChI is InChI=1S/C21H20N4OS/c1-15(23)17(13-22)20(26)14-27-21-24-18-9-5-6-10-19(18)25(21)12-11-16-7-3-2-4-8-16/h2-10,17,23H,11-12,14H2,1H3. The number of aryl methyl sites for hydroxylation is 2. The van der Waals surface area contributed by atoms with Crippen LogP contribution in [0.1, 0.15) is 12.5 Å². The van der Waals surface area contributed by atoms with E-state index in [1.54, 1.807) is 0 Å². The highest BCUT2D eigenvalue weighted by molar-refractivity contribution is 7.99. The fourth-order valence-corrected chi connectivity index (χ4v) is 3.84. The molecule has 0 aliphatic heterocycles. The molecule has 1 atom stereocenters. The van der Waals surface area contributed by atoms with Crippen molar-refractivity contribution in [3.05, 3.63) is 60.2 Å². The molecule has 0 spiro atoms. The second-order valence-corrected chi connectivity index (χ2v) is 7.21. The number of nitriles is 1. The Morgan fingerprint density at radius 2 is 1.93 bits per heavy atom. The first-order valence-corrected chi connectivity index (χ1v) is 9.68. The zero-order chi connectivity index (χ0) is 19.2. The van der Waals surface area contributed by atoms with Crippen molar-refractivity contribution in [1.82, 2.24) is 9.55 Å². The Morgan fingerprint density at radius 3 is 2.63 bits per heavy atom. The lowest BCUT2D eigenvalue weighted by Crippen LogP contribution is -2.21. The van der Waals surface area contributed by atoms with Gasteiger partial charge in [-0.1, -0.05) is 54.2 Å². The Balaban J connectivity index is 1.81. The van der Waals surface area contributed by atoms with Crippen LogP contribution in [0.15, 0.2) is 59.8 Å². The van der Waals surface area contributed by atoms with E-state index in [4.69, 9.17) is 10.7 Å². The molecule has 27 heavy (non-hydrogen) atoms. The van der Waals surface area contributed by atoms with E-state index in [2.05, 4.69) is 21.7 Å². The molecule has 3 rings (SSSR count). The summed E-state index contributed by atoms with van der Waals surface area (Å²) in [6, 6.07) is 20.1. The molecule has 0 amide bonds. The van der Waals surface area contributed by atoms with Gasteiger partial charge in [0.05, 0.1) is 22.9 Å². The van der Waals surface area contributed by atoms with Crippen molar-refractivity contribution < 1.29 is 4.79 Å². The molecular weight excluding hydrogens is 356 g/mol. The van der Waals surface area contributed by atoms with Gasteiger partial charge in [-0.15, -0.1) is 0 Å². The first-order valence-electron chi connectivity index (χ1n) is 8.69. The number of nitrogens with one attached hydrogen (secondary N) is 1.